The molecule has 0 bridgehead atoms. The summed E-state index contributed by atoms with van der Waals surface area (Å²) in [5.74, 6) is 1.50. The van der Waals surface area contributed by atoms with Crippen LogP contribution >= 0.6 is 0 Å². The lowest BCUT2D eigenvalue weighted by Crippen LogP contribution is -2.41. The number of aryl methyl sites for hydroxylation is 1. The summed E-state index contributed by atoms with van der Waals surface area (Å²) >= 11 is 0. The van der Waals surface area contributed by atoms with E-state index in [9.17, 15) is 4.79 Å². The van der Waals surface area contributed by atoms with Gasteiger partial charge in [-0.15, -0.1) is 5.10 Å². The van der Waals surface area contributed by atoms with Gasteiger partial charge in [-0.2, -0.15) is 5.10 Å². The van der Waals surface area contributed by atoms with E-state index >= 15 is 0 Å². The Morgan fingerprint density at radius 2 is 2.11 bits per heavy atom. The molecular weight excluding hydrogens is 340 g/mol. The fourth-order valence-corrected chi connectivity index (χ4v) is 3.93. The minimum absolute atomic E-state index is 0.109. The number of carbonyl (C=O) groups excluding carboxylic acids is 1. The predicted molar refractivity (Wildman–Crippen MR) is 103 cm³/mol. The monoisotopic (exact) mass is 370 g/mol. The van der Waals surface area contributed by atoms with Crippen LogP contribution < -0.4 is 0 Å². The molecule has 7 heteroatoms. The lowest BCUT2D eigenvalue weighted by Gasteiger charge is -2.32. The highest BCUT2D eigenvalue weighted by molar-refractivity contribution is 5.92. The van der Waals surface area contributed by atoms with Gasteiger partial charge in [-0.3, -0.25) is 14.2 Å². The van der Waals surface area contributed by atoms with E-state index in [1.54, 1.807) is 0 Å². The zero-order chi connectivity index (χ0) is 19.0. The van der Waals surface area contributed by atoms with E-state index in [1.807, 2.05) is 27.3 Å². The van der Waals surface area contributed by atoms with Crippen molar-refractivity contribution in [1.82, 2.24) is 29.7 Å². The highest BCUT2D eigenvalue weighted by Crippen LogP contribution is 2.38. The van der Waals surface area contributed by atoms with Crippen LogP contribution in [-0.4, -0.2) is 48.7 Å². The Labute approximate surface area is 160 Å². The van der Waals surface area contributed by atoms with Crippen molar-refractivity contribution in [1.29, 1.82) is 0 Å². The molecule has 1 saturated heterocycles. The minimum Gasteiger partial charge on any atom is -0.337 e. The van der Waals surface area contributed by atoms with Crippen molar-refractivity contribution in [3.05, 3.63) is 29.3 Å². The van der Waals surface area contributed by atoms with Crippen LogP contribution in [0.4, 0.5) is 0 Å². The Hall–Kier alpha value is -2.18. The first-order chi connectivity index (χ1) is 13.0. The number of likely N-dealkylation sites (tertiary alicyclic amines) is 1. The van der Waals surface area contributed by atoms with Crippen molar-refractivity contribution in [3.8, 4) is 0 Å². The SMILES string of the molecule is CCn1nc(C(C)C)cc1C(=O)N1CCC[C@H](Cn2cc(C3CC3)nn2)C1. The molecule has 1 amide bonds. The third-order valence-corrected chi connectivity index (χ3v) is 5.71. The zero-order valence-electron chi connectivity index (χ0n) is 16.6. The topological polar surface area (TPSA) is 68.8 Å². The lowest BCUT2D eigenvalue weighted by atomic mass is 9.97. The van der Waals surface area contributed by atoms with Gasteiger partial charge in [0, 0.05) is 38.3 Å². The summed E-state index contributed by atoms with van der Waals surface area (Å²) in [4.78, 5) is 15.1. The van der Waals surface area contributed by atoms with Crippen molar-refractivity contribution in [2.75, 3.05) is 13.1 Å². The molecule has 2 fully saturated rings. The van der Waals surface area contributed by atoms with Gasteiger partial charge in [0.2, 0.25) is 0 Å². The quantitative estimate of drug-likeness (QED) is 0.784. The second kappa shape index (κ2) is 7.44. The molecule has 7 nitrogen and oxygen atoms in total. The van der Waals surface area contributed by atoms with E-state index in [0.29, 0.717) is 24.3 Å². The van der Waals surface area contributed by atoms with Gasteiger partial charge in [0.25, 0.3) is 5.91 Å². The van der Waals surface area contributed by atoms with Gasteiger partial charge in [0.05, 0.1) is 11.4 Å². The fraction of sp³-hybridized carbons (Fsp3) is 0.700. The van der Waals surface area contributed by atoms with E-state index < -0.39 is 0 Å². The first kappa shape index (κ1) is 18.2. The van der Waals surface area contributed by atoms with Gasteiger partial charge >= 0.3 is 0 Å². The van der Waals surface area contributed by atoms with Gasteiger partial charge < -0.3 is 4.90 Å². The van der Waals surface area contributed by atoms with E-state index in [0.717, 1.165) is 49.6 Å². The minimum atomic E-state index is 0.109. The molecule has 0 unspecified atom stereocenters. The molecule has 0 aromatic carbocycles. The predicted octanol–water partition coefficient (Wildman–Crippen LogP) is 3.05. The van der Waals surface area contributed by atoms with Crippen molar-refractivity contribution >= 4 is 5.91 Å². The summed E-state index contributed by atoms with van der Waals surface area (Å²) in [7, 11) is 0. The highest BCUT2D eigenvalue weighted by Gasteiger charge is 2.29. The van der Waals surface area contributed by atoms with Gasteiger partial charge in [-0.1, -0.05) is 19.1 Å². The molecule has 1 aliphatic carbocycles. The number of piperidine rings is 1. The molecule has 0 spiro atoms. The standard InChI is InChI=1S/C20H30N6O/c1-4-26-19(10-17(22-26)14(2)3)20(27)24-9-5-6-15(11-24)12-25-13-18(21-23-25)16-7-8-16/h10,13-16H,4-9,11-12H2,1-3H3/t15-/m0/s1. The number of nitrogens with zero attached hydrogens (tertiary/aromatic N) is 6. The second-order valence-corrected chi connectivity index (χ2v) is 8.32. The fourth-order valence-electron chi connectivity index (χ4n) is 3.93. The van der Waals surface area contributed by atoms with Crippen molar-refractivity contribution in [2.45, 2.75) is 71.4 Å². The summed E-state index contributed by atoms with van der Waals surface area (Å²) < 4.78 is 3.82. The summed E-state index contributed by atoms with van der Waals surface area (Å²) in [6.07, 6.45) is 6.76. The van der Waals surface area contributed by atoms with Crippen LogP contribution in [0.15, 0.2) is 12.3 Å². The molecule has 2 aromatic heterocycles. The Morgan fingerprint density at radius 1 is 1.30 bits per heavy atom. The third kappa shape index (κ3) is 3.92. The van der Waals surface area contributed by atoms with Crippen LogP contribution in [0.5, 0.6) is 0 Å². The Morgan fingerprint density at radius 3 is 2.81 bits per heavy atom. The Bertz CT molecular complexity index is 803. The molecule has 4 rings (SSSR count). The largest absolute Gasteiger partial charge is 0.337 e. The number of hydrogen-bond donors (Lipinski definition) is 0. The van der Waals surface area contributed by atoms with Crippen LogP contribution in [0.25, 0.3) is 0 Å². The molecule has 0 radical (unpaired) electrons. The summed E-state index contributed by atoms with van der Waals surface area (Å²) in [6.45, 7) is 9.43. The average Bonchev–Trinajstić information content (AvgIpc) is 3.25. The van der Waals surface area contributed by atoms with Gasteiger partial charge in [-0.05, 0) is 50.5 Å². The van der Waals surface area contributed by atoms with Crippen LogP contribution in [0.3, 0.4) is 0 Å². The van der Waals surface area contributed by atoms with E-state index in [-0.39, 0.29) is 5.91 Å². The van der Waals surface area contributed by atoms with Crippen LogP contribution in [0, 0.1) is 5.92 Å². The maximum absolute atomic E-state index is 13.1. The van der Waals surface area contributed by atoms with Crippen molar-refractivity contribution in [3.63, 3.8) is 0 Å². The van der Waals surface area contributed by atoms with Gasteiger partial charge in [0.15, 0.2) is 0 Å². The van der Waals surface area contributed by atoms with E-state index in [1.165, 1.54) is 12.8 Å². The molecule has 146 valence electrons. The van der Waals surface area contributed by atoms with Gasteiger partial charge in [-0.25, -0.2) is 0 Å². The molecule has 1 atom stereocenters. The number of rotatable bonds is 6. The molecule has 2 aliphatic rings. The molecule has 3 heterocycles. The van der Waals surface area contributed by atoms with E-state index in [4.69, 9.17) is 0 Å². The van der Waals surface area contributed by atoms with Crippen molar-refractivity contribution in [2.24, 2.45) is 5.92 Å². The first-order valence-corrected chi connectivity index (χ1v) is 10.3. The smallest absolute Gasteiger partial charge is 0.272 e. The summed E-state index contributed by atoms with van der Waals surface area (Å²) in [6, 6.07) is 1.97. The number of aromatic nitrogens is 5. The van der Waals surface area contributed by atoms with Crippen molar-refractivity contribution < 1.29 is 4.79 Å². The molecule has 1 aliphatic heterocycles. The Kier molecular flexibility index (Phi) is 5.02. The number of hydrogen-bond acceptors (Lipinski definition) is 4. The molecular formula is C20H30N6O. The molecule has 0 N–H and O–H groups in total. The second-order valence-electron chi connectivity index (χ2n) is 8.32. The Balaban J connectivity index is 1.43. The first-order valence-electron chi connectivity index (χ1n) is 10.3. The molecule has 27 heavy (non-hydrogen) atoms. The van der Waals surface area contributed by atoms with Gasteiger partial charge in [0.1, 0.15) is 5.69 Å². The molecule has 2 aromatic rings. The van der Waals surface area contributed by atoms with E-state index in [2.05, 4.69) is 35.5 Å². The number of amides is 1. The zero-order valence-corrected chi connectivity index (χ0v) is 16.6. The average molecular weight is 371 g/mol. The van der Waals surface area contributed by atoms with Crippen LogP contribution in [0.1, 0.15) is 80.2 Å². The lowest BCUT2D eigenvalue weighted by molar-refractivity contribution is 0.0647. The summed E-state index contributed by atoms with van der Waals surface area (Å²) in [5.41, 5.74) is 2.84. The maximum atomic E-state index is 13.1. The van der Waals surface area contributed by atoms with Crippen LogP contribution in [-0.2, 0) is 13.1 Å². The normalized spacial score (nSPS) is 20.4. The third-order valence-electron chi connectivity index (χ3n) is 5.71. The maximum Gasteiger partial charge on any atom is 0.272 e. The molecule has 1 saturated carbocycles. The van der Waals surface area contributed by atoms with Crippen LogP contribution in [0.2, 0.25) is 0 Å². The summed E-state index contributed by atoms with van der Waals surface area (Å²) in [5, 5.41) is 13.2. The highest BCUT2D eigenvalue weighted by atomic mass is 16.2. The number of carbonyl (C=O) groups is 1.